The summed E-state index contributed by atoms with van der Waals surface area (Å²) in [7, 11) is 1.82. The zero-order valence-corrected chi connectivity index (χ0v) is 16.3. The maximum absolute atomic E-state index is 4.32. The van der Waals surface area contributed by atoms with Gasteiger partial charge in [0.2, 0.25) is 0 Å². The van der Waals surface area contributed by atoms with Crippen molar-refractivity contribution in [3.05, 3.63) is 30.1 Å². The van der Waals surface area contributed by atoms with Gasteiger partial charge in [-0.1, -0.05) is 26.3 Å². The third-order valence-corrected chi connectivity index (χ3v) is 4.27. The molecule has 1 fully saturated rings. The van der Waals surface area contributed by atoms with E-state index in [1.165, 1.54) is 25.7 Å². The van der Waals surface area contributed by atoms with E-state index in [9.17, 15) is 0 Å². The molecule has 0 aliphatic heterocycles. The second-order valence-electron chi connectivity index (χ2n) is 6.55. The molecule has 4 nitrogen and oxygen atoms in total. The van der Waals surface area contributed by atoms with Crippen molar-refractivity contribution in [2.75, 3.05) is 13.6 Å². The van der Waals surface area contributed by atoms with Crippen molar-refractivity contribution in [3.63, 3.8) is 0 Å². The summed E-state index contributed by atoms with van der Waals surface area (Å²) in [4.78, 5) is 8.63. The fraction of sp³-hybridized carbons (Fsp3) is 0.647. The number of pyridine rings is 1. The van der Waals surface area contributed by atoms with Crippen LogP contribution in [0.1, 0.15) is 45.2 Å². The highest BCUT2D eigenvalue weighted by Crippen LogP contribution is 2.45. The third kappa shape index (κ3) is 5.74. The topological polar surface area (TPSA) is 49.3 Å². The molecule has 1 aromatic rings. The zero-order valence-electron chi connectivity index (χ0n) is 13.9. The smallest absolute Gasteiger partial charge is 0.191 e. The fourth-order valence-corrected chi connectivity index (χ4v) is 3.16. The van der Waals surface area contributed by atoms with Crippen LogP contribution in [0.4, 0.5) is 0 Å². The monoisotopic (exact) mass is 416 g/mol. The van der Waals surface area contributed by atoms with E-state index in [-0.39, 0.29) is 24.0 Å². The van der Waals surface area contributed by atoms with E-state index in [1.54, 1.807) is 0 Å². The maximum Gasteiger partial charge on any atom is 0.191 e. The molecule has 2 rings (SSSR count). The summed E-state index contributed by atoms with van der Waals surface area (Å²) in [5, 5.41) is 6.84. The minimum absolute atomic E-state index is 0. The summed E-state index contributed by atoms with van der Waals surface area (Å²) in [5.41, 5.74) is 1.51. The predicted octanol–water partition coefficient (Wildman–Crippen LogP) is 3.58. The standard InChI is InChI=1S/C17H28N4.HI/c1-14(2)11-17(8-6-9-17)13-21-16(18-3)20-12-15-7-4-5-10-19-15;/h4-5,7,10,14H,6,8-9,11-13H2,1-3H3,(H2,18,20,21);1H. The Balaban J connectivity index is 0.00000242. The third-order valence-electron chi connectivity index (χ3n) is 4.27. The van der Waals surface area contributed by atoms with E-state index in [1.807, 2.05) is 31.4 Å². The van der Waals surface area contributed by atoms with Gasteiger partial charge >= 0.3 is 0 Å². The molecule has 1 aromatic heterocycles. The first kappa shape index (κ1) is 19.2. The number of guanidine groups is 1. The summed E-state index contributed by atoms with van der Waals surface area (Å²) < 4.78 is 0. The SMILES string of the molecule is CN=C(NCc1ccccn1)NCC1(CC(C)C)CCC1.I. The average Bonchev–Trinajstić information content (AvgIpc) is 2.45. The lowest BCUT2D eigenvalue weighted by atomic mass is 9.64. The van der Waals surface area contributed by atoms with Gasteiger partial charge < -0.3 is 10.6 Å². The highest BCUT2D eigenvalue weighted by Gasteiger charge is 2.37. The molecule has 5 heteroatoms. The molecule has 0 atom stereocenters. The van der Waals surface area contributed by atoms with Gasteiger partial charge in [-0.25, -0.2) is 0 Å². The highest BCUT2D eigenvalue weighted by atomic mass is 127. The first-order valence-corrected chi connectivity index (χ1v) is 7.98. The van der Waals surface area contributed by atoms with Crippen LogP contribution in [0.15, 0.2) is 29.4 Å². The van der Waals surface area contributed by atoms with Crippen LogP contribution in [-0.2, 0) is 6.54 Å². The Morgan fingerprint density at radius 1 is 1.32 bits per heavy atom. The van der Waals surface area contributed by atoms with Gasteiger partial charge in [0.05, 0.1) is 12.2 Å². The van der Waals surface area contributed by atoms with Crippen LogP contribution in [0.25, 0.3) is 0 Å². The predicted molar refractivity (Wildman–Crippen MR) is 104 cm³/mol. The van der Waals surface area contributed by atoms with Gasteiger partial charge in [0.25, 0.3) is 0 Å². The Morgan fingerprint density at radius 3 is 2.59 bits per heavy atom. The minimum Gasteiger partial charge on any atom is -0.356 e. The van der Waals surface area contributed by atoms with Crippen molar-refractivity contribution in [2.24, 2.45) is 16.3 Å². The van der Waals surface area contributed by atoms with Crippen LogP contribution in [0.3, 0.4) is 0 Å². The Morgan fingerprint density at radius 2 is 2.09 bits per heavy atom. The Kier molecular flexibility index (Phi) is 8.14. The molecule has 124 valence electrons. The molecular weight excluding hydrogens is 387 g/mol. The number of nitrogens with zero attached hydrogens (tertiary/aromatic N) is 2. The summed E-state index contributed by atoms with van der Waals surface area (Å²) in [6.45, 7) is 6.35. The van der Waals surface area contributed by atoms with Gasteiger partial charge in [-0.05, 0) is 42.7 Å². The lowest BCUT2D eigenvalue weighted by Crippen LogP contribution is -2.46. The first-order chi connectivity index (χ1) is 10.1. The summed E-state index contributed by atoms with van der Waals surface area (Å²) in [5.74, 6) is 1.63. The maximum atomic E-state index is 4.32. The van der Waals surface area contributed by atoms with E-state index >= 15 is 0 Å². The quantitative estimate of drug-likeness (QED) is 0.424. The molecule has 0 bridgehead atoms. The van der Waals surface area contributed by atoms with Crippen molar-refractivity contribution in [1.82, 2.24) is 15.6 Å². The van der Waals surface area contributed by atoms with Gasteiger partial charge in [0.1, 0.15) is 0 Å². The van der Waals surface area contributed by atoms with Gasteiger partial charge in [-0.15, -0.1) is 24.0 Å². The number of hydrogen-bond donors (Lipinski definition) is 2. The molecule has 0 spiro atoms. The van der Waals surface area contributed by atoms with Crippen LogP contribution >= 0.6 is 24.0 Å². The zero-order chi connectivity index (χ0) is 15.1. The van der Waals surface area contributed by atoms with Crippen LogP contribution in [0, 0.1) is 11.3 Å². The molecular formula is C17H29IN4. The summed E-state index contributed by atoms with van der Waals surface area (Å²) >= 11 is 0. The van der Waals surface area contributed by atoms with Gasteiger partial charge in [0.15, 0.2) is 5.96 Å². The number of rotatable bonds is 6. The van der Waals surface area contributed by atoms with Crippen molar-refractivity contribution in [1.29, 1.82) is 0 Å². The van der Waals surface area contributed by atoms with E-state index < -0.39 is 0 Å². The van der Waals surface area contributed by atoms with Crippen LogP contribution < -0.4 is 10.6 Å². The van der Waals surface area contributed by atoms with E-state index in [0.29, 0.717) is 12.0 Å². The Labute approximate surface area is 151 Å². The Bertz CT molecular complexity index is 455. The van der Waals surface area contributed by atoms with E-state index in [2.05, 4.69) is 34.5 Å². The number of nitrogens with one attached hydrogen (secondary N) is 2. The van der Waals surface area contributed by atoms with Gasteiger partial charge in [0, 0.05) is 19.8 Å². The van der Waals surface area contributed by atoms with Crippen molar-refractivity contribution < 1.29 is 0 Å². The summed E-state index contributed by atoms with van der Waals surface area (Å²) in [6, 6.07) is 5.96. The molecule has 0 unspecified atom stereocenters. The van der Waals surface area contributed by atoms with Crippen molar-refractivity contribution in [2.45, 2.75) is 46.1 Å². The number of halogens is 1. The largest absolute Gasteiger partial charge is 0.356 e. The molecule has 1 saturated carbocycles. The van der Waals surface area contributed by atoms with Crippen molar-refractivity contribution in [3.8, 4) is 0 Å². The molecule has 1 aliphatic rings. The molecule has 2 N–H and O–H groups in total. The minimum atomic E-state index is 0. The molecule has 0 saturated heterocycles. The van der Waals surface area contributed by atoms with E-state index in [0.717, 1.165) is 24.1 Å². The second-order valence-corrected chi connectivity index (χ2v) is 6.55. The van der Waals surface area contributed by atoms with Gasteiger partial charge in [-0.3, -0.25) is 9.98 Å². The highest BCUT2D eigenvalue weighted by molar-refractivity contribution is 14.0. The van der Waals surface area contributed by atoms with Crippen LogP contribution in [0.2, 0.25) is 0 Å². The Hall–Kier alpha value is -0.850. The van der Waals surface area contributed by atoms with Crippen molar-refractivity contribution >= 4 is 29.9 Å². The number of aromatic nitrogens is 1. The first-order valence-electron chi connectivity index (χ1n) is 7.98. The van der Waals surface area contributed by atoms with Crippen LogP contribution in [0.5, 0.6) is 0 Å². The molecule has 1 aliphatic carbocycles. The molecule has 0 radical (unpaired) electrons. The molecule has 0 amide bonds. The number of aliphatic imine (C=N–C) groups is 1. The van der Waals surface area contributed by atoms with E-state index in [4.69, 9.17) is 0 Å². The lowest BCUT2D eigenvalue weighted by molar-refractivity contribution is 0.104. The lowest BCUT2D eigenvalue weighted by Gasteiger charge is -2.43. The summed E-state index contributed by atoms with van der Waals surface area (Å²) in [6.07, 6.45) is 7.18. The molecule has 0 aromatic carbocycles. The fourth-order valence-electron chi connectivity index (χ4n) is 3.16. The normalized spacial score (nSPS) is 16.6. The number of hydrogen-bond acceptors (Lipinski definition) is 2. The molecule has 1 heterocycles. The second kappa shape index (κ2) is 9.33. The molecule has 22 heavy (non-hydrogen) atoms. The van der Waals surface area contributed by atoms with Crippen LogP contribution in [-0.4, -0.2) is 24.5 Å². The van der Waals surface area contributed by atoms with Gasteiger partial charge in [-0.2, -0.15) is 0 Å². The average molecular weight is 416 g/mol.